The standard InChI is InChI=1S/C13H24N2O3S2/c1-15(2)20(16,17)13-8-7-12(18-13)11-14-9-5-4-6-10-19-3/h7-8,14H,4-6,9-11H2,1-3H3. The van der Waals surface area contributed by atoms with Crippen molar-refractivity contribution in [3.63, 3.8) is 0 Å². The molecule has 5 nitrogen and oxygen atoms in total. The fourth-order valence-corrected chi connectivity index (χ4v) is 2.96. The highest BCUT2D eigenvalue weighted by Gasteiger charge is 2.21. The number of hydrogen-bond acceptors (Lipinski definition) is 5. The third-order valence-corrected chi connectivity index (χ3v) is 5.26. The lowest BCUT2D eigenvalue weighted by atomic mass is 10.2. The molecule has 0 aliphatic heterocycles. The van der Waals surface area contributed by atoms with Crippen LogP contribution in [0.4, 0.5) is 0 Å². The highest BCUT2D eigenvalue weighted by atomic mass is 32.2. The molecule has 1 N–H and O–H groups in total. The number of hydrogen-bond donors (Lipinski definition) is 1. The Morgan fingerprint density at radius 1 is 1.25 bits per heavy atom. The molecule has 0 bridgehead atoms. The van der Waals surface area contributed by atoms with Crippen LogP contribution in [0.15, 0.2) is 21.6 Å². The van der Waals surface area contributed by atoms with Gasteiger partial charge in [0.2, 0.25) is 5.09 Å². The molecular weight excluding hydrogens is 296 g/mol. The number of furan rings is 1. The largest absolute Gasteiger partial charge is 0.447 e. The van der Waals surface area contributed by atoms with Crippen molar-refractivity contribution in [2.45, 2.75) is 30.9 Å². The molecule has 1 aromatic heterocycles. The van der Waals surface area contributed by atoms with E-state index in [4.69, 9.17) is 4.42 Å². The molecule has 1 aromatic rings. The molecule has 0 aromatic carbocycles. The second-order valence-corrected chi connectivity index (χ2v) is 7.81. The van der Waals surface area contributed by atoms with Gasteiger partial charge in [-0.3, -0.25) is 0 Å². The van der Waals surface area contributed by atoms with Crippen molar-refractivity contribution in [2.75, 3.05) is 32.6 Å². The van der Waals surface area contributed by atoms with Crippen molar-refractivity contribution in [1.82, 2.24) is 9.62 Å². The first-order chi connectivity index (χ1) is 9.48. The molecule has 0 atom stereocenters. The Morgan fingerprint density at radius 2 is 2.00 bits per heavy atom. The van der Waals surface area contributed by atoms with Crippen molar-refractivity contribution < 1.29 is 12.8 Å². The molecule has 0 aliphatic carbocycles. The van der Waals surface area contributed by atoms with Crippen LogP contribution in [-0.2, 0) is 16.6 Å². The van der Waals surface area contributed by atoms with Crippen LogP contribution in [0, 0.1) is 0 Å². The third kappa shape index (κ3) is 5.47. The molecule has 1 rings (SSSR count). The van der Waals surface area contributed by atoms with Crippen molar-refractivity contribution in [3.8, 4) is 0 Å². The smallest absolute Gasteiger partial charge is 0.275 e. The van der Waals surface area contributed by atoms with E-state index in [2.05, 4.69) is 11.6 Å². The number of nitrogens with one attached hydrogen (secondary N) is 1. The molecule has 116 valence electrons. The lowest BCUT2D eigenvalue weighted by Crippen LogP contribution is -2.21. The van der Waals surface area contributed by atoms with Crippen LogP contribution < -0.4 is 5.32 Å². The van der Waals surface area contributed by atoms with Crippen LogP contribution in [0.25, 0.3) is 0 Å². The lowest BCUT2D eigenvalue weighted by molar-refractivity contribution is 0.388. The summed E-state index contributed by atoms with van der Waals surface area (Å²) >= 11 is 1.87. The van der Waals surface area contributed by atoms with Crippen molar-refractivity contribution in [2.24, 2.45) is 0 Å². The van der Waals surface area contributed by atoms with Crippen LogP contribution >= 0.6 is 11.8 Å². The lowest BCUT2D eigenvalue weighted by Gasteiger charge is -2.07. The van der Waals surface area contributed by atoms with E-state index in [1.165, 1.54) is 38.8 Å². The Bertz CT molecular complexity index is 484. The zero-order chi connectivity index (χ0) is 15.0. The van der Waals surface area contributed by atoms with Gasteiger partial charge in [-0.2, -0.15) is 11.8 Å². The van der Waals surface area contributed by atoms with E-state index >= 15 is 0 Å². The van der Waals surface area contributed by atoms with Gasteiger partial charge in [-0.25, -0.2) is 12.7 Å². The van der Waals surface area contributed by atoms with Gasteiger partial charge in [0.15, 0.2) is 0 Å². The number of nitrogens with zero attached hydrogens (tertiary/aromatic N) is 1. The SMILES string of the molecule is CSCCCCCNCc1ccc(S(=O)(=O)N(C)C)o1. The van der Waals surface area contributed by atoms with Gasteiger partial charge >= 0.3 is 0 Å². The average molecular weight is 320 g/mol. The summed E-state index contributed by atoms with van der Waals surface area (Å²) in [6.45, 7) is 1.48. The van der Waals surface area contributed by atoms with Crippen molar-refractivity contribution >= 4 is 21.8 Å². The first-order valence-corrected chi connectivity index (χ1v) is 9.52. The Morgan fingerprint density at radius 3 is 2.65 bits per heavy atom. The van der Waals surface area contributed by atoms with Crippen molar-refractivity contribution in [3.05, 3.63) is 17.9 Å². The van der Waals surface area contributed by atoms with Crippen LogP contribution in [0.5, 0.6) is 0 Å². The van der Waals surface area contributed by atoms with Crippen LogP contribution in [0.3, 0.4) is 0 Å². The second-order valence-electron chi connectivity index (χ2n) is 4.74. The van der Waals surface area contributed by atoms with Gasteiger partial charge in [0.05, 0.1) is 6.54 Å². The highest BCUT2D eigenvalue weighted by molar-refractivity contribution is 7.98. The van der Waals surface area contributed by atoms with Gasteiger partial charge in [-0.05, 0) is 43.5 Å². The topological polar surface area (TPSA) is 62.6 Å². The number of thioether (sulfide) groups is 1. The maximum Gasteiger partial charge on any atom is 0.275 e. The van der Waals surface area contributed by atoms with Gasteiger partial charge in [0.1, 0.15) is 5.76 Å². The summed E-state index contributed by atoms with van der Waals surface area (Å²) in [4.78, 5) is 0. The average Bonchev–Trinajstić information content (AvgIpc) is 2.87. The fourth-order valence-electron chi connectivity index (χ4n) is 1.66. The molecule has 0 fully saturated rings. The summed E-state index contributed by atoms with van der Waals surface area (Å²) in [6.07, 6.45) is 5.71. The molecule has 1 heterocycles. The quantitative estimate of drug-likeness (QED) is 0.669. The molecule has 0 unspecified atom stereocenters. The van der Waals surface area contributed by atoms with Crippen LogP contribution in [-0.4, -0.2) is 45.4 Å². The number of sulfonamides is 1. The maximum atomic E-state index is 11.8. The van der Waals surface area contributed by atoms with E-state index < -0.39 is 10.0 Å². The first kappa shape index (κ1) is 17.6. The zero-order valence-corrected chi connectivity index (χ0v) is 14.0. The molecule has 0 aliphatic rings. The Kier molecular flexibility index (Phi) is 7.65. The Labute approximate surface area is 126 Å². The predicted octanol–water partition coefficient (Wildman–Crippen LogP) is 2.15. The van der Waals surface area contributed by atoms with Crippen molar-refractivity contribution in [1.29, 1.82) is 0 Å². The van der Waals surface area contributed by atoms with E-state index in [9.17, 15) is 8.42 Å². The van der Waals surface area contributed by atoms with Gasteiger partial charge in [0.25, 0.3) is 10.0 Å². The van der Waals surface area contributed by atoms with Gasteiger partial charge in [-0.1, -0.05) is 6.42 Å². The summed E-state index contributed by atoms with van der Waals surface area (Å²) < 4.78 is 30.2. The molecule has 0 spiro atoms. The van der Waals surface area contributed by atoms with Crippen LogP contribution in [0.1, 0.15) is 25.0 Å². The monoisotopic (exact) mass is 320 g/mol. The van der Waals surface area contributed by atoms with Crippen LogP contribution in [0.2, 0.25) is 0 Å². The molecular formula is C13H24N2O3S2. The Hall–Kier alpha value is -0.500. The highest BCUT2D eigenvalue weighted by Crippen LogP contribution is 2.16. The molecule has 0 saturated carbocycles. The molecule has 0 saturated heterocycles. The third-order valence-electron chi connectivity index (χ3n) is 2.87. The van der Waals surface area contributed by atoms with E-state index in [-0.39, 0.29) is 5.09 Å². The fraction of sp³-hybridized carbons (Fsp3) is 0.692. The minimum Gasteiger partial charge on any atom is -0.447 e. The number of unbranched alkanes of at least 4 members (excludes halogenated alkanes) is 2. The van der Waals surface area contributed by atoms with E-state index in [0.717, 1.165) is 17.3 Å². The Balaban J connectivity index is 2.31. The summed E-state index contributed by atoms with van der Waals surface area (Å²) in [7, 11) is -0.484. The number of rotatable bonds is 10. The minimum atomic E-state index is -3.47. The van der Waals surface area contributed by atoms with E-state index in [1.54, 1.807) is 6.07 Å². The van der Waals surface area contributed by atoms with Gasteiger partial charge in [-0.15, -0.1) is 0 Å². The molecule has 20 heavy (non-hydrogen) atoms. The summed E-state index contributed by atoms with van der Waals surface area (Å²) in [6, 6.07) is 3.21. The summed E-state index contributed by atoms with van der Waals surface area (Å²) in [5.41, 5.74) is 0. The minimum absolute atomic E-state index is 0.000675. The predicted molar refractivity (Wildman–Crippen MR) is 83.5 cm³/mol. The molecule has 0 radical (unpaired) electrons. The molecule has 7 heteroatoms. The van der Waals surface area contributed by atoms with E-state index in [1.807, 2.05) is 11.8 Å². The molecule has 0 amide bonds. The first-order valence-electron chi connectivity index (χ1n) is 6.69. The maximum absolute atomic E-state index is 11.8. The van der Waals surface area contributed by atoms with Gasteiger partial charge < -0.3 is 9.73 Å². The van der Waals surface area contributed by atoms with Gasteiger partial charge in [0, 0.05) is 14.1 Å². The van der Waals surface area contributed by atoms with E-state index in [0.29, 0.717) is 12.3 Å². The normalized spacial score (nSPS) is 12.2. The summed E-state index contributed by atoms with van der Waals surface area (Å²) in [5.74, 6) is 1.86. The second kappa shape index (κ2) is 8.71. The zero-order valence-electron chi connectivity index (χ0n) is 12.4. The summed E-state index contributed by atoms with van der Waals surface area (Å²) in [5, 5.41) is 3.26.